The van der Waals surface area contributed by atoms with E-state index in [0.717, 1.165) is 20.3 Å². The van der Waals surface area contributed by atoms with Gasteiger partial charge in [-0.2, -0.15) is 0 Å². The van der Waals surface area contributed by atoms with Crippen molar-refractivity contribution in [3.05, 3.63) is 39.5 Å². The summed E-state index contributed by atoms with van der Waals surface area (Å²) in [6.45, 7) is 4.32. The Bertz CT molecular complexity index is 640. The third kappa shape index (κ3) is 3.53. The standard InChI is InChI=1S/C20H27O2P/c1-13-16(9-8-15-6-4-3-5-7-15)17(10-20(21)22)14(2)19-12-23-11-18(13)19/h8-9,15,23H,3-7,10-12H2,1-2H3,(H,21,22)/b9-8+. The van der Waals surface area contributed by atoms with Crippen LogP contribution in [0.5, 0.6) is 0 Å². The largest absolute Gasteiger partial charge is 0.481 e. The lowest BCUT2D eigenvalue weighted by Gasteiger charge is -2.20. The summed E-state index contributed by atoms with van der Waals surface area (Å²) in [5.74, 6) is -0.0449. The summed E-state index contributed by atoms with van der Waals surface area (Å²) in [6, 6.07) is 0. The van der Waals surface area contributed by atoms with Crippen LogP contribution < -0.4 is 0 Å². The maximum atomic E-state index is 11.4. The predicted molar refractivity (Wildman–Crippen MR) is 98.6 cm³/mol. The van der Waals surface area contributed by atoms with Gasteiger partial charge in [0.05, 0.1) is 6.42 Å². The fourth-order valence-electron chi connectivity index (χ4n) is 4.18. The monoisotopic (exact) mass is 330 g/mol. The normalized spacial score (nSPS) is 19.6. The van der Waals surface area contributed by atoms with E-state index in [1.807, 2.05) is 0 Å². The summed E-state index contributed by atoms with van der Waals surface area (Å²) >= 11 is 0. The highest BCUT2D eigenvalue weighted by Gasteiger charge is 2.22. The molecule has 3 rings (SSSR count). The number of fused-ring (bicyclic) bond motifs is 1. The zero-order valence-electron chi connectivity index (χ0n) is 14.2. The predicted octanol–water partition coefficient (Wildman–Crippen LogP) is 5.22. The molecular formula is C20H27O2P. The minimum absolute atomic E-state index is 0.146. The van der Waals surface area contributed by atoms with E-state index in [-0.39, 0.29) is 6.42 Å². The first kappa shape index (κ1) is 16.7. The van der Waals surface area contributed by atoms with Crippen molar-refractivity contribution < 1.29 is 9.90 Å². The number of carboxylic acid groups (broad SMARTS) is 1. The molecule has 0 radical (unpaired) electrons. The Labute approximate surface area is 141 Å². The third-order valence-corrected chi connectivity index (χ3v) is 6.77. The Morgan fingerprint density at radius 2 is 1.78 bits per heavy atom. The van der Waals surface area contributed by atoms with Gasteiger partial charge in [-0.05, 0) is 78.3 Å². The van der Waals surface area contributed by atoms with Gasteiger partial charge in [0, 0.05) is 0 Å². The summed E-state index contributed by atoms with van der Waals surface area (Å²) in [4.78, 5) is 11.4. The molecule has 2 nitrogen and oxygen atoms in total. The molecule has 0 aromatic heterocycles. The highest BCUT2D eigenvalue weighted by atomic mass is 31.1. The van der Waals surface area contributed by atoms with Gasteiger partial charge in [0.1, 0.15) is 0 Å². The summed E-state index contributed by atoms with van der Waals surface area (Å²) in [5, 5.41) is 9.35. The SMILES string of the molecule is Cc1c(/C=C/C2CCCCC2)c(CC(=O)O)c(C)c2c1CPC2. The van der Waals surface area contributed by atoms with Crippen LogP contribution in [0.3, 0.4) is 0 Å². The van der Waals surface area contributed by atoms with Gasteiger partial charge < -0.3 is 5.11 Å². The van der Waals surface area contributed by atoms with Gasteiger partial charge in [-0.25, -0.2) is 0 Å². The van der Waals surface area contributed by atoms with Gasteiger partial charge in [-0.1, -0.05) is 31.4 Å². The second-order valence-electron chi connectivity index (χ2n) is 7.03. The summed E-state index contributed by atoms with van der Waals surface area (Å²) in [5.41, 5.74) is 7.75. The first-order valence-electron chi connectivity index (χ1n) is 8.82. The van der Waals surface area contributed by atoms with Gasteiger partial charge in [-0.15, -0.1) is 8.58 Å². The highest BCUT2D eigenvalue weighted by Crippen LogP contribution is 2.42. The van der Waals surface area contributed by atoms with Crippen LogP contribution in [0.15, 0.2) is 6.08 Å². The second kappa shape index (κ2) is 7.18. The summed E-state index contributed by atoms with van der Waals surface area (Å²) < 4.78 is 0. The molecule has 0 spiro atoms. The van der Waals surface area contributed by atoms with Gasteiger partial charge in [-0.3, -0.25) is 4.79 Å². The van der Waals surface area contributed by atoms with E-state index in [4.69, 9.17) is 0 Å². The van der Waals surface area contributed by atoms with Crippen molar-refractivity contribution in [3.8, 4) is 0 Å². The first-order chi connectivity index (χ1) is 11.1. The minimum atomic E-state index is -0.722. The van der Waals surface area contributed by atoms with E-state index in [1.165, 1.54) is 66.1 Å². The van der Waals surface area contributed by atoms with Crippen molar-refractivity contribution in [2.24, 2.45) is 5.92 Å². The fourth-order valence-corrected chi connectivity index (χ4v) is 5.76. The molecule has 1 saturated carbocycles. The Morgan fingerprint density at radius 3 is 2.43 bits per heavy atom. The highest BCUT2D eigenvalue weighted by molar-refractivity contribution is 7.36. The van der Waals surface area contributed by atoms with E-state index in [0.29, 0.717) is 5.92 Å². The van der Waals surface area contributed by atoms with Crippen LogP contribution in [0.4, 0.5) is 0 Å². The molecule has 1 aliphatic heterocycles. The molecule has 1 aliphatic carbocycles. The lowest BCUT2D eigenvalue weighted by atomic mass is 9.85. The van der Waals surface area contributed by atoms with E-state index in [9.17, 15) is 9.90 Å². The lowest BCUT2D eigenvalue weighted by molar-refractivity contribution is -0.136. The number of benzene rings is 1. The summed E-state index contributed by atoms with van der Waals surface area (Å²) in [7, 11) is 0.963. The topological polar surface area (TPSA) is 37.3 Å². The Kier molecular flexibility index (Phi) is 5.21. The number of carboxylic acids is 1. The Morgan fingerprint density at radius 1 is 1.13 bits per heavy atom. The van der Waals surface area contributed by atoms with E-state index in [1.54, 1.807) is 0 Å². The maximum absolute atomic E-state index is 11.4. The molecule has 1 unspecified atom stereocenters. The zero-order valence-corrected chi connectivity index (χ0v) is 15.2. The lowest BCUT2D eigenvalue weighted by Crippen LogP contribution is -2.09. The molecular weight excluding hydrogens is 303 g/mol. The molecule has 2 aliphatic rings. The number of aliphatic carboxylic acids is 1. The molecule has 1 aromatic carbocycles. The molecule has 0 bridgehead atoms. The smallest absolute Gasteiger partial charge is 0.307 e. The number of hydrogen-bond donors (Lipinski definition) is 1. The van der Waals surface area contributed by atoms with Crippen molar-refractivity contribution in [3.63, 3.8) is 0 Å². The molecule has 124 valence electrons. The third-order valence-electron chi connectivity index (χ3n) is 5.57. The molecule has 1 heterocycles. The molecule has 1 atom stereocenters. The van der Waals surface area contributed by atoms with Crippen molar-refractivity contribution in [1.29, 1.82) is 0 Å². The van der Waals surface area contributed by atoms with Crippen molar-refractivity contribution in [2.45, 2.75) is 64.7 Å². The number of hydrogen-bond acceptors (Lipinski definition) is 1. The van der Waals surface area contributed by atoms with Crippen LogP contribution in [-0.2, 0) is 23.5 Å². The number of allylic oxidation sites excluding steroid dienone is 1. The molecule has 1 aromatic rings. The fraction of sp³-hybridized carbons (Fsp3) is 0.550. The summed E-state index contributed by atoms with van der Waals surface area (Å²) in [6.07, 6.45) is 13.7. The Hall–Kier alpha value is -1.14. The van der Waals surface area contributed by atoms with Crippen LogP contribution in [-0.4, -0.2) is 11.1 Å². The van der Waals surface area contributed by atoms with Gasteiger partial charge >= 0.3 is 5.97 Å². The molecule has 0 saturated heterocycles. The van der Waals surface area contributed by atoms with Crippen LogP contribution in [0, 0.1) is 19.8 Å². The molecule has 3 heteroatoms. The average molecular weight is 330 g/mol. The van der Waals surface area contributed by atoms with Crippen molar-refractivity contribution in [1.82, 2.24) is 0 Å². The zero-order chi connectivity index (χ0) is 16.4. The van der Waals surface area contributed by atoms with Crippen molar-refractivity contribution >= 4 is 20.6 Å². The number of rotatable bonds is 4. The van der Waals surface area contributed by atoms with E-state index in [2.05, 4.69) is 26.0 Å². The van der Waals surface area contributed by atoms with E-state index >= 15 is 0 Å². The van der Waals surface area contributed by atoms with Gasteiger partial charge in [0.15, 0.2) is 0 Å². The first-order valence-corrected chi connectivity index (χ1v) is 10.2. The minimum Gasteiger partial charge on any atom is -0.481 e. The molecule has 23 heavy (non-hydrogen) atoms. The molecule has 1 N–H and O–H groups in total. The Balaban J connectivity index is 2.01. The molecule has 1 fully saturated rings. The van der Waals surface area contributed by atoms with Gasteiger partial charge in [0.25, 0.3) is 0 Å². The maximum Gasteiger partial charge on any atom is 0.307 e. The average Bonchev–Trinajstić information content (AvgIpc) is 3.02. The van der Waals surface area contributed by atoms with Crippen molar-refractivity contribution in [2.75, 3.05) is 0 Å². The van der Waals surface area contributed by atoms with Crippen LogP contribution in [0.25, 0.3) is 6.08 Å². The quantitative estimate of drug-likeness (QED) is 0.769. The number of carbonyl (C=O) groups is 1. The van der Waals surface area contributed by atoms with Crippen LogP contribution in [0.1, 0.15) is 65.5 Å². The van der Waals surface area contributed by atoms with Crippen LogP contribution >= 0.6 is 8.58 Å². The molecule has 0 amide bonds. The second-order valence-corrected chi connectivity index (χ2v) is 8.24. The van der Waals surface area contributed by atoms with Gasteiger partial charge in [0.2, 0.25) is 0 Å². The van der Waals surface area contributed by atoms with E-state index < -0.39 is 5.97 Å². The van der Waals surface area contributed by atoms with Crippen LogP contribution in [0.2, 0.25) is 0 Å².